The second-order valence-electron chi connectivity index (χ2n) is 4.34. The highest BCUT2D eigenvalue weighted by Crippen LogP contribution is 2.32. The van der Waals surface area contributed by atoms with Gasteiger partial charge in [0.25, 0.3) is 0 Å². The summed E-state index contributed by atoms with van der Waals surface area (Å²) in [6.07, 6.45) is 0. The topological polar surface area (TPSA) is 24.9 Å². The second-order valence-corrected chi connectivity index (χ2v) is 6.01. The van der Waals surface area contributed by atoms with E-state index in [9.17, 15) is 4.39 Å². The number of benzene rings is 1. The zero-order valence-corrected chi connectivity index (χ0v) is 12.7. The fraction of sp³-hybridized carbons (Fsp3) is 0.357. The van der Waals surface area contributed by atoms with Crippen LogP contribution in [0.2, 0.25) is 5.02 Å². The average Bonchev–Trinajstić information content (AvgIpc) is 2.66. The van der Waals surface area contributed by atoms with Crippen molar-refractivity contribution in [2.45, 2.75) is 26.8 Å². The van der Waals surface area contributed by atoms with Crippen LogP contribution in [0.3, 0.4) is 0 Å². The predicted octanol–water partition coefficient (Wildman–Crippen LogP) is 4.25. The summed E-state index contributed by atoms with van der Waals surface area (Å²) in [5.41, 5.74) is 1.56. The van der Waals surface area contributed by atoms with E-state index in [-0.39, 0.29) is 11.9 Å². The fourth-order valence-electron chi connectivity index (χ4n) is 2.10. The molecule has 0 aliphatic heterocycles. The van der Waals surface area contributed by atoms with Crippen LogP contribution in [-0.4, -0.2) is 11.5 Å². The molecule has 1 aromatic carbocycles. The number of nitrogens with zero attached hydrogens (tertiary/aromatic N) is 1. The first-order valence-corrected chi connectivity index (χ1v) is 7.34. The highest BCUT2D eigenvalue weighted by atomic mass is 35.5. The van der Waals surface area contributed by atoms with E-state index >= 15 is 0 Å². The largest absolute Gasteiger partial charge is 0.306 e. The van der Waals surface area contributed by atoms with E-state index in [1.165, 1.54) is 6.07 Å². The van der Waals surface area contributed by atoms with Crippen LogP contribution in [0.4, 0.5) is 4.39 Å². The van der Waals surface area contributed by atoms with Gasteiger partial charge in [-0.3, -0.25) is 0 Å². The van der Waals surface area contributed by atoms with Crippen LogP contribution in [0, 0.1) is 19.7 Å². The molecule has 0 aliphatic rings. The molecule has 2 aromatic rings. The van der Waals surface area contributed by atoms with Crippen molar-refractivity contribution in [1.82, 2.24) is 10.3 Å². The first-order chi connectivity index (χ1) is 9.02. The van der Waals surface area contributed by atoms with E-state index in [0.717, 1.165) is 22.1 Å². The normalized spacial score (nSPS) is 12.7. The number of thiazole rings is 1. The molecule has 0 radical (unpaired) electrons. The SMILES string of the molecule is CCNC(c1ccc(Cl)cc1F)c1sc(C)nc1C. The molecule has 0 saturated carbocycles. The molecule has 19 heavy (non-hydrogen) atoms. The van der Waals surface area contributed by atoms with Crippen molar-refractivity contribution < 1.29 is 4.39 Å². The molecule has 0 fully saturated rings. The van der Waals surface area contributed by atoms with Gasteiger partial charge in [-0.1, -0.05) is 24.6 Å². The number of aromatic nitrogens is 1. The molecule has 1 N–H and O–H groups in total. The minimum absolute atomic E-state index is 0.173. The molecule has 102 valence electrons. The third-order valence-corrected chi connectivity index (χ3v) is 4.26. The molecule has 1 atom stereocenters. The first kappa shape index (κ1) is 14.4. The third-order valence-electron chi connectivity index (χ3n) is 2.88. The van der Waals surface area contributed by atoms with Gasteiger partial charge in [0.1, 0.15) is 5.82 Å². The van der Waals surface area contributed by atoms with E-state index in [4.69, 9.17) is 11.6 Å². The number of halogens is 2. The monoisotopic (exact) mass is 298 g/mol. The first-order valence-electron chi connectivity index (χ1n) is 6.15. The summed E-state index contributed by atoms with van der Waals surface area (Å²) in [4.78, 5) is 5.47. The quantitative estimate of drug-likeness (QED) is 0.912. The maximum Gasteiger partial charge on any atom is 0.129 e. The van der Waals surface area contributed by atoms with Gasteiger partial charge in [0.15, 0.2) is 0 Å². The summed E-state index contributed by atoms with van der Waals surface area (Å²) < 4.78 is 14.1. The Hall–Kier alpha value is -0.970. The molecule has 0 saturated heterocycles. The molecular formula is C14H16ClFN2S. The van der Waals surface area contributed by atoms with Crippen molar-refractivity contribution in [3.05, 3.63) is 50.2 Å². The van der Waals surface area contributed by atoms with Crippen LogP contribution in [0.5, 0.6) is 0 Å². The number of nitrogens with one attached hydrogen (secondary N) is 1. The van der Waals surface area contributed by atoms with Gasteiger partial charge in [-0.2, -0.15) is 0 Å². The molecule has 0 amide bonds. The molecule has 5 heteroatoms. The molecule has 0 bridgehead atoms. The van der Waals surface area contributed by atoms with Crippen molar-refractivity contribution >= 4 is 22.9 Å². The zero-order chi connectivity index (χ0) is 14.0. The average molecular weight is 299 g/mol. The predicted molar refractivity (Wildman–Crippen MR) is 78.5 cm³/mol. The molecule has 2 rings (SSSR count). The molecule has 0 spiro atoms. The van der Waals surface area contributed by atoms with Gasteiger partial charge in [0.2, 0.25) is 0 Å². The van der Waals surface area contributed by atoms with Crippen LogP contribution in [-0.2, 0) is 0 Å². The Bertz CT molecular complexity index is 583. The van der Waals surface area contributed by atoms with Crippen molar-refractivity contribution in [3.8, 4) is 0 Å². The van der Waals surface area contributed by atoms with Crippen LogP contribution in [0.1, 0.15) is 34.1 Å². The summed E-state index contributed by atoms with van der Waals surface area (Å²) in [7, 11) is 0. The van der Waals surface area contributed by atoms with Gasteiger partial charge in [-0.05, 0) is 32.5 Å². The van der Waals surface area contributed by atoms with Gasteiger partial charge >= 0.3 is 0 Å². The molecule has 2 nitrogen and oxygen atoms in total. The Morgan fingerprint density at radius 1 is 1.42 bits per heavy atom. The molecule has 1 aromatic heterocycles. The van der Waals surface area contributed by atoms with Crippen LogP contribution in [0.25, 0.3) is 0 Å². The van der Waals surface area contributed by atoms with Crippen molar-refractivity contribution in [2.24, 2.45) is 0 Å². The van der Waals surface area contributed by atoms with E-state index in [2.05, 4.69) is 10.3 Å². The Balaban J connectivity index is 2.48. The summed E-state index contributed by atoms with van der Waals surface area (Å²) in [5.74, 6) is -0.288. The van der Waals surface area contributed by atoms with Crippen molar-refractivity contribution in [2.75, 3.05) is 6.54 Å². The lowest BCUT2D eigenvalue weighted by Crippen LogP contribution is -2.22. The number of hydrogen-bond acceptors (Lipinski definition) is 3. The van der Waals surface area contributed by atoms with E-state index < -0.39 is 0 Å². The standard InChI is InChI=1S/C14H16ClFN2S/c1-4-17-13(14-8(2)18-9(3)19-14)11-6-5-10(15)7-12(11)16/h5-7,13,17H,4H2,1-3H3. The van der Waals surface area contributed by atoms with E-state index in [0.29, 0.717) is 10.6 Å². The molecule has 1 heterocycles. The van der Waals surface area contributed by atoms with Crippen LogP contribution < -0.4 is 5.32 Å². The van der Waals surface area contributed by atoms with E-state index in [1.54, 1.807) is 23.5 Å². The lowest BCUT2D eigenvalue weighted by molar-refractivity contribution is 0.561. The van der Waals surface area contributed by atoms with E-state index in [1.807, 2.05) is 20.8 Å². The fourth-order valence-corrected chi connectivity index (χ4v) is 3.28. The van der Waals surface area contributed by atoms with Gasteiger partial charge in [0.05, 0.1) is 16.7 Å². The lowest BCUT2D eigenvalue weighted by Gasteiger charge is -2.18. The van der Waals surface area contributed by atoms with Crippen molar-refractivity contribution in [1.29, 1.82) is 0 Å². The van der Waals surface area contributed by atoms with Gasteiger partial charge < -0.3 is 5.32 Å². The smallest absolute Gasteiger partial charge is 0.129 e. The third kappa shape index (κ3) is 3.14. The summed E-state index contributed by atoms with van der Waals surface area (Å²) in [5, 5.41) is 4.72. The van der Waals surface area contributed by atoms with Gasteiger partial charge in [0, 0.05) is 15.5 Å². The summed E-state index contributed by atoms with van der Waals surface area (Å²) in [6, 6.07) is 4.63. The maximum absolute atomic E-state index is 14.1. The Kier molecular flexibility index (Phi) is 4.55. The molecule has 1 unspecified atom stereocenters. The highest BCUT2D eigenvalue weighted by molar-refractivity contribution is 7.11. The number of aryl methyl sites for hydroxylation is 2. The minimum Gasteiger partial charge on any atom is -0.306 e. The summed E-state index contributed by atoms with van der Waals surface area (Å²) >= 11 is 7.41. The number of hydrogen-bond donors (Lipinski definition) is 1. The molecule has 0 aliphatic carbocycles. The highest BCUT2D eigenvalue weighted by Gasteiger charge is 2.21. The van der Waals surface area contributed by atoms with Crippen molar-refractivity contribution in [3.63, 3.8) is 0 Å². The second kappa shape index (κ2) is 5.99. The van der Waals surface area contributed by atoms with Crippen LogP contribution >= 0.6 is 22.9 Å². The maximum atomic E-state index is 14.1. The van der Waals surface area contributed by atoms with Gasteiger partial charge in [-0.25, -0.2) is 9.37 Å². The van der Waals surface area contributed by atoms with Crippen LogP contribution in [0.15, 0.2) is 18.2 Å². The summed E-state index contributed by atoms with van der Waals surface area (Å²) in [6.45, 7) is 6.67. The Morgan fingerprint density at radius 2 is 2.16 bits per heavy atom. The molecular weight excluding hydrogens is 283 g/mol. The zero-order valence-electron chi connectivity index (χ0n) is 11.1. The minimum atomic E-state index is -0.288. The lowest BCUT2D eigenvalue weighted by atomic mass is 10.0. The Labute approximate surface area is 121 Å². The van der Waals surface area contributed by atoms with Gasteiger partial charge in [-0.15, -0.1) is 11.3 Å². The Morgan fingerprint density at radius 3 is 2.68 bits per heavy atom. The number of rotatable bonds is 4.